The maximum atomic E-state index is 13.4. The summed E-state index contributed by atoms with van der Waals surface area (Å²) in [5.41, 5.74) is 0.180. The van der Waals surface area contributed by atoms with Gasteiger partial charge in [0.1, 0.15) is 5.82 Å². The number of Topliss-reactive ketones (excluding diaryl/α,β-unsaturated/α-hetero) is 1. The number of ether oxygens (including phenoxy) is 1. The maximum absolute atomic E-state index is 13.4. The number of halogens is 1. The van der Waals surface area contributed by atoms with Crippen LogP contribution in [0.15, 0.2) is 24.3 Å². The van der Waals surface area contributed by atoms with Gasteiger partial charge < -0.3 is 4.74 Å². The molecule has 0 radical (unpaired) electrons. The summed E-state index contributed by atoms with van der Waals surface area (Å²) in [6.45, 7) is 2.45. The van der Waals surface area contributed by atoms with E-state index >= 15 is 0 Å². The minimum Gasteiger partial charge on any atom is -0.378 e. The quantitative estimate of drug-likeness (QED) is 0.698. The van der Waals surface area contributed by atoms with Crippen LogP contribution in [0, 0.1) is 11.7 Å². The molecule has 0 amide bonds. The highest BCUT2D eigenvalue weighted by Gasteiger charge is 2.32. The summed E-state index contributed by atoms with van der Waals surface area (Å²) in [5.74, 6) is -0.776. The Hall–Kier alpha value is -1.22. The number of ketones is 1. The first-order valence-corrected chi connectivity index (χ1v) is 5.10. The lowest BCUT2D eigenvalue weighted by atomic mass is 9.92. The molecule has 15 heavy (non-hydrogen) atoms. The van der Waals surface area contributed by atoms with Gasteiger partial charge >= 0.3 is 0 Å². The molecule has 0 aliphatic carbocycles. The summed E-state index contributed by atoms with van der Waals surface area (Å²) in [6.07, 6.45) is 0.589. The van der Waals surface area contributed by atoms with Crippen molar-refractivity contribution >= 4 is 5.78 Å². The molecule has 1 fully saturated rings. The number of benzene rings is 1. The molecule has 2 unspecified atom stereocenters. The number of hydrogen-bond donors (Lipinski definition) is 0. The number of carbonyl (C=O) groups excluding carboxylic acids is 1. The molecule has 1 saturated heterocycles. The van der Waals surface area contributed by atoms with E-state index in [0.29, 0.717) is 13.0 Å². The van der Waals surface area contributed by atoms with Crippen molar-refractivity contribution in [1.82, 2.24) is 0 Å². The molecule has 0 bridgehead atoms. The Balaban J connectivity index is 2.24. The van der Waals surface area contributed by atoms with E-state index in [9.17, 15) is 9.18 Å². The van der Waals surface area contributed by atoms with Crippen LogP contribution in [0.4, 0.5) is 4.39 Å². The van der Waals surface area contributed by atoms with Crippen molar-refractivity contribution < 1.29 is 13.9 Å². The van der Waals surface area contributed by atoms with Crippen molar-refractivity contribution in [2.24, 2.45) is 5.92 Å². The zero-order valence-corrected chi connectivity index (χ0v) is 8.57. The lowest BCUT2D eigenvalue weighted by Crippen LogP contribution is -2.22. The van der Waals surface area contributed by atoms with Gasteiger partial charge in [0, 0.05) is 6.61 Å². The van der Waals surface area contributed by atoms with E-state index in [1.807, 2.05) is 6.92 Å². The fourth-order valence-electron chi connectivity index (χ4n) is 1.94. The van der Waals surface area contributed by atoms with E-state index in [1.165, 1.54) is 12.1 Å². The Labute approximate surface area is 88.1 Å². The van der Waals surface area contributed by atoms with Crippen LogP contribution in [-0.4, -0.2) is 18.5 Å². The summed E-state index contributed by atoms with van der Waals surface area (Å²) in [5, 5.41) is 0. The molecule has 3 heteroatoms. The van der Waals surface area contributed by atoms with E-state index in [-0.39, 0.29) is 23.4 Å². The van der Waals surface area contributed by atoms with Gasteiger partial charge in [-0.2, -0.15) is 0 Å². The van der Waals surface area contributed by atoms with E-state index in [2.05, 4.69) is 0 Å². The minimum atomic E-state index is -0.443. The van der Waals surface area contributed by atoms with Crippen molar-refractivity contribution in [2.45, 2.75) is 19.4 Å². The largest absolute Gasteiger partial charge is 0.378 e. The van der Waals surface area contributed by atoms with Crippen molar-refractivity contribution in [2.75, 3.05) is 6.61 Å². The monoisotopic (exact) mass is 208 g/mol. The van der Waals surface area contributed by atoms with Gasteiger partial charge in [-0.25, -0.2) is 4.39 Å². The van der Waals surface area contributed by atoms with Crippen molar-refractivity contribution in [3.05, 3.63) is 35.6 Å². The van der Waals surface area contributed by atoms with Crippen LogP contribution >= 0.6 is 0 Å². The highest BCUT2D eigenvalue weighted by molar-refractivity contribution is 5.98. The van der Waals surface area contributed by atoms with Crippen LogP contribution < -0.4 is 0 Å². The third-order valence-corrected chi connectivity index (χ3v) is 2.85. The lowest BCUT2D eigenvalue weighted by molar-refractivity contribution is 0.0761. The lowest BCUT2D eigenvalue weighted by Gasteiger charge is -2.12. The van der Waals surface area contributed by atoms with E-state index in [4.69, 9.17) is 4.74 Å². The van der Waals surface area contributed by atoms with Gasteiger partial charge in [-0.15, -0.1) is 0 Å². The first-order chi connectivity index (χ1) is 7.20. The van der Waals surface area contributed by atoms with Crippen LogP contribution in [0.2, 0.25) is 0 Å². The molecule has 1 heterocycles. The third-order valence-electron chi connectivity index (χ3n) is 2.85. The van der Waals surface area contributed by atoms with Gasteiger partial charge in [-0.05, 0) is 25.5 Å². The van der Waals surface area contributed by atoms with Gasteiger partial charge in [0.05, 0.1) is 17.6 Å². The number of carbonyl (C=O) groups is 1. The predicted molar refractivity (Wildman–Crippen MR) is 54.3 cm³/mol. The summed E-state index contributed by atoms with van der Waals surface area (Å²) in [6, 6.07) is 6.11. The van der Waals surface area contributed by atoms with Crippen LogP contribution in [0.1, 0.15) is 23.7 Å². The zero-order chi connectivity index (χ0) is 10.8. The molecule has 2 rings (SSSR count). The first kappa shape index (κ1) is 10.3. The molecular weight excluding hydrogens is 195 g/mol. The van der Waals surface area contributed by atoms with Gasteiger partial charge in [0.25, 0.3) is 0 Å². The fourth-order valence-corrected chi connectivity index (χ4v) is 1.94. The fraction of sp³-hybridized carbons (Fsp3) is 0.417. The Morgan fingerprint density at radius 3 is 2.80 bits per heavy atom. The summed E-state index contributed by atoms with van der Waals surface area (Å²) < 4.78 is 18.7. The highest BCUT2D eigenvalue weighted by atomic mass is 19.1. The standard InChI is InChI=1S/C12H13FO2/c1-8-9(6-7-15-8)12(14)10-4-2-3-5-11(10)13/h2-5,8-9H,6-7H2,1H3. The molecule has 1 aliphatic heterocycles. The van der Waals surface area contributed by atoms with Crippen LogP contribution in [0.25, 0.3) is 0 Å². The Bertz CT molecular complexity index is 376. The van der Waals surface area contributed by atoms with E-state index in [0.717, 1.165) is 0 Å². The van der Waals surface area contributed by atoms with Gasteiger partial charge in [-0.3, -0.25) is 4.79 Å². The molecule has 0 spiro atoms. The molecule has 1 aromatic rings. The molecular formula is C12H13FO2. The first-order valence-electron chi connectivity index (χ1n) is 5.10. The molecule has 80 valence electrons. The number of hydrogen-bond acceptors (Lipinski definition) is 2. The van der Waals surface area contributed by atoms with E-state index in [1.54, 1.807) is 12.1 Å². The molecule has 1 aromatic carbocycles. The molecule has 1 aliphatic rings. The predicted octanol–water partition coefficient (Wildman–Crippen LogP) is 2.43. The van der Waals surface area contributed by atoms with Gasteiger partial charge in [0.2, 0.25) is 0 Å². The highest BCUT2D eigenvalue weighted by Crippen LogP contribution is 2.25. The van der Waals surface area contributed by atoms with Crippen LogP contribution in [0.3, 0.4) is 0 Å². The summed E-state index contributed by atoms with van der Waals surface area (Å²) in [4.78, 5) is 12.0. The summed E-state index contributed by atoms with van der Waals surface area (Å²) >= 11 is 0. The van der Waals surface area contributed by atoms with Crippen LogP contribution in [-0.2, 0) is 4.74 Å². The normalized spacial score (nSPS) is 25.5. The Morgan fingerprint density at radius 2 is 2.20 bits per heavy atom. The van der Waals surface area contributed by atoms with E-state index < -0.39 is 5.82 Å². The second kappa shape index (κ2) is 4.11. The van der Waals surface area contributed by atoms with Crippen molar-refractivity contribution in [1.29, 1.82) is 0 Å². The average Bonchev–Trinajstić information content (AvgIpc) is 2.64. The molecule has 0 N–H and O–H groups in total. The Kier molecular flexibility index (Phi) is 2.82. The van der Waals surface area contributed by atoms with Crippen molar-refractivity contribution in [3.63, 3.8) is 0 Å². The molecule has 0 aromatic heterocycles. The Morgan fingerprint density at radius 1 is 1.47 bits per heavy atom. The smallest absolute Gasteiger partial charge is 0.171 e. The second-order valence-corrected chi connectivity index (χ2v) is 3.82. The summed E-state index contributed by atoms with van der Waals surface area (Å²) in [7, 11) is 0. The minimum absolute atomic E-state index is 0.0999. The number of rotatable bonds is 2. The zero-order valence-electron chi connectivity index (χ0n) is 8.57. The second-order valence-electron chi connectivity index (χ2n) is 3.82. The molecule has 2 atom stereocenters. The average molecular weight is 208 g/mol. The molecule has 0 saturated carbocycles. The molecule has 2 nitrogen and oxygen atoms in total. The third kappa shape index (κ3) is 1.92. The SMILES string of the molecule is CC1OCCC1C(=O)c1ccccc1F. The van der Waals surface area contributed by atoms with Gasteiger partial charge in [0.15, 0.2) is 5.78 Å². The maximum Gasteiger partial charge on any atom is 0.171 e. The van der Waals surface area contributed by atoms with Crippen LogP contribution in [0.5, 0.6) is 0 Å². The topological polar surface area (TPSA) is 26.3 Å². The van der Waals surface area contributed by atoms with Crippen molar-refractivity contribution in [3.8, 4) is 0 Å². The van der Waals surface area contributed by atoms with Gasteiger partial charge in [-0.1, -0.05) is 12.1 Å².